The minimum absolute atomic E-state index is 0.599. The van der Waals surface area contributed by atoms with Gasteiger partial charge in [-0.05, 0) is 25.7 Å². The van der Waals surface area contributed by atoms with Crippen molar-refractivity contribution in [2.45, 2.75) is 58.3 Å². The minimum Gasteiger partial charge on any atom is -0.411 e. The van der Waals surface area contributed by atoms with Crippen molar-refractivity contribution in [3.05, 3.63) is 0 Å². The Labute approximate surface area is 81.0 Å². The van der Waals surface area contributed by atoms with Crippen molar-refractivity contribution in [1.82, 2.24) is 0 Å². The second kappa shape index (κ2) is 6.01. The Kier molecular flexibility index (Phi) is 4.87. The van der Waals surface area contributed by atoms with Crippen LogP contribution in [-0.2, 0) is 0 Å². The topological polar surface area (TPSA) is 32.6 Å². The summed E-state index contributed by atoms with van der Waals surface area (Å²) in [5.74, 6) is 0.599. The van der Waals surface area contributed by atoms with E-state index in [-0.39, 0.29) is 0 Å². The molecule has 1 rings (SSSR count). The van der Waals surface area contributed by atoms with Gasteiger partial charge in [-0.3, -0.25) is 0 Å². The molecule has 1 aliphatic carbocycles. The molecule has 0 aromatic rings. The SMILES string of the molecule is CCCCCCC1CCCC1=NO. The van der Waals surface area contributed by atoms with Gasteiger partial charge >= 0.3 is 0 Å². The molecule has 0 spiro atoms. The summed E-state index contributed by atoms with van der Waals surface area (Å²) in [4.78, 5) is 0. The highest BCUT2D eigenvalue weighted by atomic mass is 16.4. The molecule has 0 aromatic carbocycles. The van der Waals surface area contributed by atoms with Crippen LogP contribution in [0.3, 0.4) is 0 Å². The highest BCUT2D eigenvalue weighted by Gasteiger charge is 2.22. The Balaban J connectivity index is 2.13. The predicted octanol–water partition coefficient (Wildman–Crippen LogP) is 3.59. The number of hydrogen-bond donors (Lipinski definition) is 1. The molecule has 1 N–H and O–H groups in total. The Bertz CT molecular complexity index is 165. The molecule has 1 atom stereocenters. The van der Waals surface area contributed by atoms with Crippen molar-refractivity contribution in [2.24, 2.45) is 11.1 Å². The van der Waals surface area contributed by atoms with Gasteiger partial charge in [0.25, 0.3) is 0 Å². The maximum atomic E-state index is 8.73. The van der Waals surface area contributed by atoms with E-state index in [1.54, 1.807) is 0 Å². The third-order valence-corrected chi connectivity index (χ3v) is 2.99. The van der Waals surface area contributed by atoms with Crippen LogP contribution in [-0.4, -0.2) is 10.9 Å². The zero-order valence-electron chi connectivity index (χ0n) is 8.63. The first-order chi connectivity index (χ1) is 6.38. The monoisotopic (exact) mass is 183 g/mol. The van der Waals surface area contributed by atoms with Gasteiger partial charge in [0.1, 0.15) is 0 Å². The van der Waals surface area contributed by atoms with E-state index < -0.39 is 0 Å². The molecule has 2 heteroatoms. The molecule has 0 aliphatic heterocycles. The van der Waals surface area contributed by atoms with E-state index in [2.05, 4.69) is 12.1 Å². The van der Waals surface area contributed by atoms with E-state index in [9.17, 15) is 0 Å². The molecule has 2 nitrogen and oxygen atoms in total. The number of rotatable bonds is 5. The van der Waals surface area contributed by atoms with Crippen LogP contribution in [0, 0.1) is 5.92 Å². The summed E-state index contributed by atoms with van der Waals surface area (Å²) < 4.78 is 0. The first kappa shape index (κ1) is 10.6. The Morgan fingerprint density at radius 1 is 1.38 bits per heavy atom. The van der Waals surface area contributed by atoms with Crippen molar-refractivity contribution >= 4 is 5.71 Å². The molecule has 1 fully saturated rings. The second-order valence-electron chi connectivity index (χ2n) is 4.03. The van der Waals surface area contributed by atoms with Gasteiger partial charge in [-0.15, -0.1) is 0 Å². The average molecular weight is 183 g/mol. The molecular formula is C11H21NO. The van der Waals surface area contributed by atoms with Crippen LogP contribution in [0.4, 0.5) is 0 Å². The van der Waals surface area contributed by atoms with Crippen LogP contribution in [0.1, 0.15) is 58.3 Å². The fourth-order valence-electron chi connectivity index (χ4n) is 2.16. The first-order valence-corrected chi connectivity index (χ1v) is 5.59. The van der Waals surface area contributed by atoms with Gasteiger partial charge in [-0.25, -0.2) is 0 Å². The molecule has 13 heavy (non-hydrogen) atoms. The molecule has 0 saturated heterocycles. The van der Waals surface area contributed by atoms with Gasteiger partial charge in [0.15, 0.2) is 0 Å². The third-order valence-electron chi connectivity index (χ3n) is 2.99. The van der Waals surface area contributed by atoms with Crippen LogP contribution < -0.4 is 0 Å². The molecule has 0 bridgehead atoms. The fourth-order valence-corrected chi connectivity index (χ4v) is 2.16. The largest absolute Gasteiger partial charge is 0.411 e. The summed E-state index contributed by atoms with van der Waals surface area (Å²) >= 11 is 0. The number of hydrogen-bond acceptors (Lipinski definition) is 2. The van der Waals surface area contributed by atoms with Crippen molar-refractivity contribution in [1.29, 1.82) is 0 Å². The fraction of sp³-hybridized carbons (Fsp3) is 0.909. The van der Waals surface area contributed by atoms with Crippen molar-refractivity contribution in [3.63, 3.8) is 0 Å². The Morgan fingerprint density at radius 3 is 2.92 bits per heavy atom. The normalized spacial score (nSPS) is 25.6. The smallest absolute Gasteiger partial charge is 0.0601 e. The molecule has 0 heterocycles. The number of nitrogens with zero attached hydrogens (tertiary/aromatic N) is 1. The Morgan fingerprint density at radius 2 is 2.23 bits per heavy atom. The molecule has 76 valence electrons. The quantitative estimate of drug-likeness (QED) is 0.394. The number of unbranched alkanes of at least 4 members (excludes halogenated alkanes) is 3. The van der Waals surface area contributed by atoms with Crippen molar-refractivity contribution < 1.29 is 5.21 Å². The van der Waals surface area contributed by atoms with Crippen LogP contribution in [0.5, 0.6) is 0 Å². The predicted molar refractivity (Wildman–Crippen MR) is 55.3 cm³/mol. The average Bonchev–Trinajstić information content (AvgIpc) is 2.60. The van der Waals surface area contributed by atoms with Crippen LogP contribution in [0.25, 0.3) is 0 Å². The molecule has 0 amide bonds. The van der Waals surface area contributed by atoms with Gasteiger partial charge in [-0.1, -0.05) is 37.8 Å². The van der Waals surface area contributed by atoms with E-state index in [1.165, 1.54) is 44.9 Å². The summed E-state index contributed by atoms with van der Waals surface area (Å²) in [5, 5.41) is 12.1. The molecular weight excluding hydrogens is 162 g/mol. The maximum absolute atomic E-state index is 8.73. The van der Waals surface area contributed by atoms with Crippen LogP contribution >= 0.6 is 0 Å². The van der Waals surface area contributed by atoms with E-state index in [0.29, 0.717) is 5.92 Å². The summed E-state index contributed by atoms with van der Waals surface area (Å²) in [5.41, 5.74) is 1.05. The summed E-state index contributed by atoms with van der Waals surface area (Å²) in [6.07, 6.45) is 10.0. The van der Waals surface area contributed by atoms with Crippen molar-refractivity contribution in [3.8, 4) is 0 Å². The van der Waals surface area contributed by atoms with E-state index in [0.717, 1.165) is 12.1 Å². The van der Waals surface area contributed by atoms with Gasteiger partial charge < -0.3 is 5.21 Å². The zero-order valence-corrected chi connectivity index (χ0v) is 8.63. The summed E-state index contributed by atoms with van der Waals surface area (Å²) in [6, 6.07) is 0. The van der Waals surface area contributed by atoms with Crippen LogP contribution in [0.2, 0.25) is 0 Å². The lowest BCUT2D eigenvalue weighted by Crippen LogP contribution is -2.06. The highest BCUT2D eigenvalue weighted by Crippen LogP contribution is 2.27. The lowest BCUT2D eigenvalue weighted by Gasteiger charge is -2.08. The lowest BCUT2D eigenvalue weighted by molar-refractivity contribution is 0.314. The summed E-state index contributed by atoms with van der Waals surface area (Å²) in [7, 11) is 0. The lowest BCUT2D eigenvalue weighted by atomic mass is 9.98. The van der Waals surface area contributed by atoms with Gasteiger partial charge in [0.2, 0.25) is 0 Å². The molecule has 0 radical (unpaired) electrons. The minimum atomic E-state index is 0.599. The molecule has 1 saturated carbocycles. The Hall–Kier alpha value is -0.530. The van der Waals surface area contributed by atoms with E-state index >= 15 is 0 Å². The van der Waals surface area contributed by atoms with Gasteiger partial charge in [0.05, 0.1) is 5.71 Å². The van der Waals surface area contributed by atoms with E-state index in [4.69, 9.17) is 5.21 Å². The van der Waals surface area contributed by atoms with Crippen LogP contribution in [0.15, 0.2) is 5.16 Å². The third kappa shape index (κ3) is 3.37. The first-order valence-electron chi connectivity index (χ1n) is 5.59. The highest BCUT2D eigenvalue weighted by molar-refractivity contribution is 5.87. The van der Waals surface area contributed by atoms with Gasteiger partial charge in [-0.2, -0.15) is 0 Å². The summed E-state index contributed by atoms with van der Waals surface area (Å²) in [6.45, 7) is 2.23. The second-order valence-corrected chi connectivity index (χ2v) is 4.03. The maximum Gasteiger partial charge on any atom is 0.0601 e. The van der Waals surface area contributed by atoms with E-state index in [1.807, 2.05) is 0 Å². The zero-order chi connectivity index (χ0) is 9.52. The molecule has 0 aromatic heterocycles. The molecule has 1 aliphatic rings. The van der Waals surface area contributed by atoms with Gasteiger partial charge in [0, 0.05) is 5.92 Å². The molecule has 1 unspecified atom stereocenters. The van der Waals surface area contributed by atoms with Crippen molar-refractivity contribution in [2.75, 3.05) is 0 Å². The number of oxime groups is 1. The standard InChI is InChI=1S/C11H21NO/c1-2-3-4-5-7-10-8-6-9-11(10)12-13/h10,13H,2-9H2,1H3.